The molecule has 0 aromatic heterocycles. The molecule has 2 atom stereocenters. The van der Waals surface area contributed by atoms with E-state index in [-0.39, 0.29) is 18.6 Å². The molecule has 4 aromatic carbocycles. The molecule has 4 aromatic rings. The average molecular weight is 807 g/mol. The van der Waals surface area contributed by atoms with Gasteiger partial charge in [0.05, 0.1) is 40.5 Å². The summed E-state index contributed by atoms with van der Waals surface area (Å²) in [6, 6.07) is 32.2. The number of carbonyl (C=O) groups is 2. The predicted molar refractivity (Wildman–Crippen MR) is 227 cm³/mol. The molecule has 2 aliphatic carbocycles. The third-order valence-electron chi connectivity index (χ3n) is 10.8. The number of carbonyl (C=O) groups excluding carboxylic acids is 2. The van der Waals surface area contributed by atoms with Gasteiger partial charge in [-0.05, 0) is 110 Å². The lowest BCUT2D eigenvalue weighted by molar-refractivity contribution is -0.177. The third kappa shape index (κ3) is 13.7. The first-order valence-corrected chi connectivity index (χ1v) is 20.4. The van der Waals surface area contributed by atoms with Gasteiger partial charge in [0.1, 0.15) is 0 Å². The molecular formula is C48H58N2O9. The van der Waals surface area contributed by atoms with Gasteiger partial charge >= 0.3 is 11.9 Å². The van der Waals surface area contributed by atoms with Gasteiger partial charge in [0, 0.05) is 12.8 Å². The number of hydrogen-bond acceptors (Lipinski definition) is 10. The minimum atomic E-state index is -1.19. The molecule has 0 bridgehead atoms. The van der Waals surface area contributed by atoms with Crippen LogP contribution in [0.2, 0.25) is 0 Å². The highest BCUT2D eigenvalue weighted by atomic mass is 16.7. The van der Waals surface area contributed by atoms with Crippen LogP contribution in [0.1, 0.15) is 73.6 Å². The largest absolute Gasteiger partial charge is 0.493 e. The minimum Gasteiger partial charge on any atom is -0.493 e. The van der Waals surface area contributed by atoms with Crippen molar-refractivity contribution in [3.8, 4) is 23.0 Å². The van der Waals surface area contributed by atoms with Crippen molar-refractivity contribution in [1.29, 1.82) is 0 Å². The number of methoxy groups -OCH3 is 2. The highest BCUT2D eigenvalue weighted by molar-refractivity contribution is 6.29. The van der Waals surface area contributed by atoms with E-state index in [4.69, 9.17) is 28.6 Å². The van der Waals surface area contributed by atoms with Crippen LogP contribution in [0.25, 0.3) is 0 Å². The number of benzene rings is 4. The highest BCUT2D eigenvalue weighted by Gasteiger charge is 2.21. The lowest BCUT2D eigenvalue weighted by Gasteiger charge is -2.25. The molecule has 4 N–H and O–H groups in total. The number of rotatable bonds is 20. The summed E-state index contributed by atoms with van der Waals surface area (Å²) in [6.07, 6.45) is 15.6. The zero-order chi connectivity index (χ0) is 40.4. The molecular weight excluding hydrogens is 749 g/mol. The fourth-order valence-electron chi connectivity index (χ4n) is 7.78. The van der Waals surface area contributed by atoms with Crippen molar-refractivity contribution in [1.82, 2.24) is 11.0 Å². The van der Waals surface area contributed by atoms with Crippen LogP contribution >= 0.6 is 0 Å². The standard InChI is InChI=1S/C48H56N2O8.H2O/c1-53-45-31-37(21-23-43(45)55-27-25-39-17-9-11-19-41(39)29-35-13-5-3-6-14-35)33-49-57-47(51)48(52)58-50-34-38-22-24-44(46(32-38)54-2)56-28-26-40-18-10-12-20-42(40)30-36-15-7-4-8-16-36;/h3-8,13-18,21-24,31-32,41-42,49-50H,9-12,19-20,25-30,33-34H2,1-2H3;1H2. The molecule has 0 heterocycles. The van der Waals surface area contributed by atoms with Crippen LogP contribution in [-0.4, -0.2) is 44.8 Å². The molecule has 0 saturated heterocycles. The molecule has 59 heavy (non-hydrogen) atoms. The molecule has 2 unspecified atom stereocenters. The van der Waals surface area contributed by atoms with Crippen LogP contribution in [0.3, 0.4) is 0 Å². The molecule has 314 valence electrons. The second-order valence-corrected chi connectivity index (χ2v) is 14.8. The van der Waals surface area contributed by atoms with E-state index in [1.807, 2.05) is 24.3 Å². The fraction of sp³-hybridized carbons (Fsp3) is 0.375. The Bertz CT molecular complexity index is 1840. The van der Waals surface area contributed by atoms with E-state index in [9.17, 15) is 9.59 Å². The lowest BCUT2D eigenvalue weighted by atomic mass is 9.82. The van der Waals surface area contributed by atoms with Crippen LogP contribution in [0.15, 0.2) is 120 Å². The molecule has 0 saturated carbocycles. The summed E-state index contributed by atoms with van der Waals surface area (Å²) in [5.41, 5.74) is 12.2. The van der Waals surface area contributed by atoms with Crippen molar-refractivity contribution in [3.05, 3.63) is 143 Å². The number of ether oxygens (including phenoxy) is 4. The van der Waals surface area contributed by atoms with E-state index in [0.717, 1.165) is 49.7 Å². The number of hydroxylamine groups is 2. The van der Waals surface area contributed by atoms with E-state index in [1.165, 1.54) is 48.0 Å². The summed E-state index contributed by atoms with van der Waals surface area (Å²) >= 11 is 0. The van der Waals surface area contributed by atoms with Crippen molar-refractivity contribution < 1.29 is 43.7 Å². The summed E-state index contributed by atoms with van der Waals surface area (Å²) in [5.74, 6) is 1.08. The Labute approximate surface area is 347 Å². The molecule has 0 spiro atoms. The van der Waals surface area contributed by atoms with Crippen molar-refractivity contribution in [3.63, 3.8) is 0 Å². The summed E-state index contributed by atoms with van der Waals surface area (Å²) < 4.78 is 23.5. The van der Waals surface area contributed by atoms with Gasteiger partial charge in [-0.2, -0.15) is 0 Å². The SMILES string of the molecule is COc1cc(CNOC(=O)C(=O)ONCc2ccc(OCCC3=CCCCC3Cc3ccccc3)c(OC)c2)ccc1OCCC1=CCCCC1Cc1ccccc1.O. The Morgan fingerprint density at radius 2 is 0.983 bits per heavy atom. The van der Waals surface area contributed by atoms with Crippen LogP contribution < -0.4 is 29.9 Å². The van der Waals surface area contributed by atoms with Gasteiger partial charge in [-0.1, -0.05) is 96.1 Å². The van der Waals surface area contributed by atoms with E-state index in [1.54, 1.807) is 26.4 Å². The number of nitrogens with one attached hydrogen (secondary N) is 2. The van der Waals surface area contributed by atoms with Crippen molar-refractivity contribution in [2.45, 2.75) is 77.3 Å². The fourth-order valence-corrected chi connectivity index (χ4v) is 7.78. The van der Waals surface area contributed by atoms with E-state index in [2.05, 4.69) is 83.8 Å². The molecule has 0 aliphatic heterocycles. The van der Waals surface area contributed by atoms with Gasteiger partial charge in [-0.15, -0.1) is 11.0 Å². The Morgan fingerprint density at radius 1 is 0.559 bits per heavy atom. The van der Waals surface area contributed by atoms with Gasteiger partial charge in [-0.3, -0.25) is 0 Å². The predicted octanol–water partition coefficient (Wildman–Crippen LogP) is 8.15. The summed E-state index contributed by atoms with van der Waals surface area (Å²) in [6.45, 7) is 1.36. The third-order valence-corrected chi connectivity index (χ3v) is 10.8. The summed E-state index contributed by atoms with van der Waals surface area (Å²) in [4.78, 5) is 34.5. The zero-order valence-corrected chi connectivity index (χ0v) is 34.2. The minimum absolute atomic E-state index is 0. The Balaban J connectivity index is 0.00000661. The number of allylic oxidation sites excluding steroid dienone is 2. The smallest absolute Gasteiger partial charge is 0.437 e. The Kier molecular flexibility index (Phi) is 17.9. The van der Waals surface area contributed by atoms with Crippen molar-refractivity contribution >= 4 is 11.9 Å². The van der Waals surface area contributed by atoms with Crippen LogP contribution in [0.4, 0.5) is 0 Å². The molecule has 0 amide bonds. The maximum Gasteiger partial charge on any atom is 0.437 e. The van der Waals surface area contributed by atoms with E-state index in [0.29, 0.717) is 48.0 Å². The second-order valence-electron chi connectivity index (χ2n) is 14.8. The van der Waals surface area contributed by atoms with Crippen LogP contribution in [0.5, 0.6) is 23.0 Å². The molecule has 11 nitrogen and oxygen atoms in total. The van der Waals surface area contributed by atoms with Crippen molar-refractivity contribution in [2.24, 2.45) is 11.8 Å². The Hall–Kier alpha value is -5.62. The van der Waals surface area contributed by atoms with Gasteiger partial charge in [-0.25, -0.2) is 9.59 Å². The summed E-state index contributed by atoms with van der Waals surface area (Å²) in [5, 5.41) is 0. The van der Waals surface area contributed by atoms with Gasteiger partial charge in [0.2, 0.25) is 0 Å². The number of hydrogen-bond donors (Lipinski definition) is 2. The van der Waals surface area contributed by atoms with Gasteiger partial charge < -0.3 is 34.1 Å². The first-order valence-electron chi connectivity index (χ1n) is 20.4. The topological polar surface area (TPSA) is 145 Å². The maximum atomic E-state index is 12.3. The molecule has 2 aliphatic rings. The molecule has 0 radical (unpaired) electrons. The first kappa shape index (κ1) is 44.5. The van der Waals surface area contributed by atoms with E-state index < -0.39 is 11.9 Å². The van der Waals surface area contributed by atoms with Gasteiger partial charge in [0.25, 0.3) is 0 Å². The molecule has 0 fully saturated rings. The van der Waals surface area contributed by atoms with Crippen LogP contribution in [-0.2, 0) is 45.2 Å². The average Bonchev–Trinajstić information content (AvgIpc) is 3.26. The lowest BCUT2D eigenvalue weighted by Crippen LogP contribution is -2.31. The first-order chi connectivity index (χ1) is 28.5. The summed E-state index contributed by atoms with van der Waals surface area (Å²) in [7, 11) is 3.16. The zero-order valence-electron chi connectivity index (χ0n) is 34.2. The second kappa shape index (κ2) is 23.7. The molecule has 11 heteroatoms. The molecule has 6 rings (SSSR count). The van der Waals surface area contributed by atoms with E-state index >= 15 is 0 Å². The Morgan fingerprint density at radius 3 is 1.39 bits per heavy atom. The van der Waals surface area contributed by atoms with Crippen LogP contribution in [0, 0.1) is 11.8 Å². The highest BCUT2D eigenvalue weighted by Crippen LogP contribution is 2.34. The normalized spacial score (nSPS) is 16.1. The van der Waals surface area contributed by atoms with Gasteiger partial charge in [0.15, 0.2) is 23.0 Å². The quantitative estimate of drug-likeness (QED) is 0.0510. The monoisotopic (exact) mass is 806 g/mol. The maximum absolute atomic E-state index is 12.3. The van der Waals surface area contributed by atoms with Crippen molar-refractivity contribution in [2.75, 3.05) is 27.4 Å².